The van der Waals surface area contributed by atoms with Crippen molar-refractivity contribution in [2.24, 2.45) is 0 Å². The third-order valence-corrected chi connectivity index (χ3v) is 5.39. The van der Waals surface area contributed by atoms with Gasteiger partial charge < -0.3 is 5.11 Å². The number of unbranched alkanes of at least 4 members (excludes halogenated alkanes) is 6. The third kappa shape index (κ3) is 16.8. The lowest BCUT2D eigenvalue weighted by molar-refractivity contribution is -0.431. The van der Waals surface area contributed by atoms with Gasteiger partial charge in [0, 0.05) is 5.75 Å². The molecular formula is C21H34N2O6S. The number of aliphatic carboxylic acids is 1. The van der Waals surface area contributed by atoms with Gasteiger partial charge in [0.25, 0.3) is 0 Å². The van der Waals surface area contributed by atoms with Crippen LogP contribution >= 0.6 is 11.8 Å². The average molecular weight is 443 g/mol. The number of rotatable bonds is 19. The number of hydrogen-bond donors (Lipinski definition) is 1. The fourth-order valence-electron chi connectivity index (χ4n) is 2.68. The lowest BCUT2D eigenvalue weighted by atomic mass is 10.1. The van der Waals surface area contributed by atoms with E-state index in [2.05, 4.69) is 0 Å². The Morgan fingerprint density at radius 1 is 0.867 bits per heavy atom. The summed E-state index contributed by atoms with van der Waals surface area (Å²) in [6.07, 6.45) is 15.0. The molecule has 0 aliphatic carbocycles. The van der Waals surface area contributed by atoms with Crippen molar-refractivity contribution >= 4 is 17.7 Å². The molecule has 0 heterocycles. The summed E-state index contributed by atoms with van der Waals surface area (Å²) in [5, 5.41) is 30.5. The van der Waals surface area contributed by atoms with Crippen molar-refractivity contribution in [1.29, 1.82) is 0 Å². The quantitative estimate of drug-likeness (QED) is 0.113. The first kappa shape index (κ1) is 27.8. The Balaban J connectivity index is 3.90. The number of carbonyl (C=O) groups is 1. The number of allylic oxidation sites excluding steroid dienone is 4. The van der Waals surface area contributed by atoms with Crippen LogP contribution in [0.3, 0.4) is 0 Å². The highest BCUT2D eigenvalue weighted by Gasteiger charge is 2.13. The van der Waals surface area contributed by atoms with Crippen LogP contribution in [0.5, 0.6) is 0 Å². The Morgan fingerprint density at radius 2 is 1.47 bits per heavy atom. The maximum absolute atomic E-state index is 11.1. The summed E-state index contributed by atoms with van der Waals surface area (Å²) in [7, 11) is 0. The summed E-state index contributed by atoms with van der Waals surface area (Å²) in [6, 6.07) is 0. The fraction of sp³-hybridized carbons (Fsp3) is 0.667. The third-order valence-electron chi connectivity index (χ3n) is 4.32. The topological polar surface area (TPSA) is 124 Å². The molecule has 0 aromatic carbocycles. The van der Waals surface area contributed by atoms with Crippen molar-refractivity contribution in [2.75, 3.05) is 11.5 Å². The molecule has 0 saturated heterocycles. The van der Waals surface area contributed by atoms with Crippen molar-refractivity contribution in [3.05, 3.63) is 55.9 Å². The highest BCUT2D eigenvalue weighted by atomic mass is 32.2. The van der Waals surface area contributed by atoms with E-state index in [1.807, 2.05) is 6.08 Å². The Bertz CT molecular complexity index is 617. The first-order chi connectivity index (χ1) is 14.4. The van der Waals surface area contributed by atoms with E-state index in [9.17, 15) is 25.0 Å². The molecule has 8 nitrogen and oxygen atoms in total. The highest BCUT2D eigenvalue weighted by molar-refractivity contribution is 7.99. The zero-order chi connectivity index (χ0) is 22.6. The van der Waals surface area contributed by atoms with E-state index < -0.39 is 15.8 Å². The van der Waals surface area contributed by atoms with Gasteiger partial charge in [-0.1, -0.05) is 44.8 Å². The van der Waals surface area contributed by atoms with Gasteiger partial charge in [0.15, 0.2) is 0 Å². The van der Waals surface area contributed by atoms with Gasteiger partial charge in [-0.25, -0.2) is 0 Å². The molecule has 0 amide bonds. The van der Waals surface area contributed by atoms with Gasteiger partial charge in [0.05, 0.1) is 29.1 Å². The summed E-state index contributed by atoms with van der Waals surface area (Å²) in [6.45, 7) is 1.79. The summed E-state index contributed by atoms with van der Waals surface area (Å²) >= 11 is 1.69. The molecule has 0 radical (unpaired) electrons. The minimum atomic E-state index is -0.740. The number of thioether (sulfide) groups is 1. The first-order valence-corrected chi connectivity index (χ1v) is 11.6. The molecule has 9 heteroatoms. The van der Waals surface area contributed by atoms with Gasteiger partial charge >= 0.3 is 5.97 Å². The van der Waals surface area contributed by atoms with Crippen LogP contribution < -0.4 is 0 Å². The van der Waals surface area contributed by atoms with Crippen LogP contribution in [-0.4, -0.2) is 32.4 Å². The molecular weight excluding hydrogens is 408 g/mol. The van der Waals surface area contributed by atoms with Gasteiger partial charge in [0.2, 0.25) is 11.4 Å². The number of hydrogen-bond acceptors (Lipinski definition) is 6. The van der Waals surface area contributed by atoms with Crippen LogP contribution in [0.15, 0.2) is 35.7 Å². The molecule has 0 bridgehead atoms. The lowest BCUT2D eigenvalue weighted by Crippen LogP contribution is -2.01. The smallest absolute Gasteiger partial charge is 0.304 e. The molecule has 0 atom stereocenters. The van der Waals surface area contributed by atoms with Gasteiger partial charge in [-0.3, -0.25) is 25.0 Å². The molecule has 170 valence electrons. The molecule has 0 aliphatic heterocycles. The van der Waals surface area contributed by atoms with E-state index in [1.165, 1.54) is 18.6 Å². The second-order valence-electron chi connectivity index (χ2n) is 6.86. The molecule has 0 aliphatic rings. The highest BCUT2D eigenvalue weighted by Crippen LogP contribution is 2.13. The first-order valence-electron chi connectivity index (χ1n) is 10.5. The van der Waals surface area contributed by atoms with E-state index in [0.29, 0.717) is 12.2 Å². The molecule has 1 N–H and O–H groups in total. The minimum absolute atomic E-state index is 0.0142. The van der Waals surface area contributed by atoms with Gasteiger partial charge in [-0.15, -0.1) is 0 Å². The standard InChI is InChI=1S/C21H34N2O6S/c1-2-12-19(22(26)27)14-15-20(23(28)29)13-10-8-6-4-3-5-7-9-11-17-30-18-16-21(24)25/h8,10,12,15H,2-7,9,11,13-14,16-18H2,1H3,(H,24,25). The summed E-state index contributed by atoms with van der Waals surface area (Å²) in [4.78, 5) is 31.4. The van der Waals surface area contributed by atoms with E-state index in [-0.39, 0.29) is 30.7 Å². The Kier molecular flexibility index (Phi) is 17.5. The average Bonchev–Trinajstić information content (AvgIpc) is 2.68. The van der Waals surface area contributed by atoms with Gasteiger partial charge in [-0.05, 0) is 43.6 Å². The maximum atomic E-state index is 11.1. The summed E-state index contributed by atoms with van der Waals surface area (Å²) in [5.74, 6) is 0.955. The van der Waals surface area contributed by atoms with E-state index in [4.69, 9.17) is 5.11 Å². The fourth-order valence-corrected chi connectivity index (χ4v) is 3.61. The van der Waals surface area contributed by atoms with E-state index in [0.717, 1.165) is 44.3 Å². The molecule has 0 aromatic heterocycles. The molecule has 30 heavy (non-hydrogen) atoms. The van der Waals surface area contributed by atoms with Crippen molar-refractivity contribution in [3.8, 4) is 0 Å². The second kappa shape index (κ2) is 18.8. The Hall–Kier alpha value is -2.16. The van der Waals surface area contributed by atoms with Crippen LogP contribution in [0.1, 0.15) is 77.6 Å². The number of carboxylic acids is 1. The van der Waals surface area contributed by atoms with Crippen molar-refractivity contribution in [1.82, 2.24) is 0 Å². The Labute approximate surface area is 182 Å². The van der Waals surface area contributed by atoms with E-state index >= 15 is 0 Å². The van der Waals surface area contributed by atoms with Crippen molar-refractivity contribution < 1.29 is 19.7 Å². The SMILES string of the molecule is CCC=C(CC=C(CC=CCCCCCCCCSCCC(=O)O)[N+](=O)[O-])[N+](=O)[O-]. The molecule has 0 rings (SSSR count). The molecule has 0 spiro atoms. The molecule has 0 unspecified atom stereocenters. The number of nitrogens with zero attached hydrogens (tertiary/aromatic N) is 2. The van der Waals surface area contributed by atoms with Crippen LogP contribution in [0.4, 0.5) is 0 Å². The number of carboxylic acid groups (broad SMARTS) is 1. The predicted molar refractivity (Wildman–Crippen MR) is 121 cm³/mol. The lowest BCUT2D eigenvalue weighted by Gasteiger charge is -2.01. The summed E-state index contributed by atoms with van der Waals surface area (Å²) in [5.41, 5.74) is -0.0315. The predicted octanol–water partition coefficient (Wildman–Crippen LogP) is 5.99. The number of nitro groups is 2. The normalized spacial score (nSPS) is 12.4. The molecule has 0 fully saturated rings. The van der Waals surface area contributed by atoms with Crippen LogP contribution in [0.2, 0.25) is 0 Å². The zero-order valence-corrected chi connectivity index (χ0v) is 18.6. The maximum Gasteiger partial charge on any atom is 0.304 e. The second-order valence-corrected chi connectivity index (χ2v) is 8.08. The van der Waals surface area contributed by atoms with Crippen molar-refractivity contribution in [3.63, 3.8) is 0 Å². The molecule has 0 aromatic rings. The zero-order valence-electron chi connectivity index (χ0n) is 17.8. The largest absolute Gasteiger partial charge is 0.481 e. The summed E-state index contributed by atoms with van der Waals surface area (Å²) < 4.78 is 0. The monoisotopic (exact) mass is 442 g/mol. The van der Waals surface area contributed by atoms with Gasteiger partial charge in [-0.2, -0.15) is 11.8 Å². The molecule has 0 saturated carbocycles. The van der Waals surface area contributed by atoms with E-state index in [1.54, 1.807) is 24.8 Å². The van der Waals surface area contributed by atoms with Gasteiger partial charge in [0.1, 0.15) is 0 Å². The van der Waals surface area contributed by atoms with Crippen LogP contribution in [-0.2, 0) is 4.79 Å². The Morgan fingerprint density at radius 3 is 2.07 bits per heavy atom. The van der Waals surface area contributed by atoms with Crippen LogP contribution in [0.25, 0.3) is 0 Å². The van der Waals surface area contributed by atoms with Crippen LogP contribution in [0, 0.1) is 20.2 Å². The van der Waals surface area contributed by atoms with Crippen molar-refractivity contribution in [2.45, 2.75) is 77.6 Å². The minimum Gasteiger partial charge on any atom is -0.481 e.